The van der Waals surface area contributed by atoms with Gasteiger partial charge in [0.1, 0.15) is 11.3 Å². The number of ether oxygens (including phenoxy) is 3. The van der Waals surface area contributed by atoms with Gasteiger partial charge < -0.3 is 23.6 Å². The maximum absolute atomic E-state index is 12.2. The molecule has 2 heterocycles. The van der Waals surface area contributed by atoms with Gasteiger partial charge in [-0.05, 0) is 20.8 Å². The van der Waals surface area contributed by atoms with Crippen LogP contribution in [0.4, 0.5) is 4.79 Å². The van der Waals surface area contributed by atoms with E-state index in [1.54, 1.807) is 40.7 Å². The number of carbonyl (C=O) groups excluding carboxylic acids is 2. The molecule has 126 valence electrons. The van der Waals surface area contributed by atoms with Gasteiger partial charge in [-0.2, -0.15) is 0 Å². The average Bonchev–Trinajstić information content (AvgIpc) is 2.95. The van der Waals surface area contributed by atoms with E-state index in [4.69, 9.17) is 18.6 Å². The zero-order valence-electron chi connectivity index (χ0n) is 13.8. The zero-order chi connectivity index (χ0) is 17.2. The number of nitrogens with one attached hydrogen (secondary N) is 1. The molecule has 0 aliphatic rings. The third-order valence-corrected chi connectivity index (χ3v) is 2.83. The largest absolute Gasteiger partial charge is 0.511 e. The van der Waals surface area contributed by atoms with Crippen LogP contribution in [0.5, 0.6) is 0 Å². The first-order valence-corrected chi connectivity index (χ1v) is 7.32. The normalized spacial score (nSPS) is 13.1. The molecule has 0 radical (unpaired) electrons. The van der Waals surface area contributed by atoms with Crippen LogP contribution in [0, 0.1) is 5.92 Å². The van der Waals surface area contributed by atoms with Gasteiger partial charge >= 0.3 is 12.1 Å². The molecule has 2 aromatic rings. The summed E-state index contributed by atoms with van der Waals surface area (Å²) in [6.45, 7) is 8.70. The van der Waals surface area contributed by atoms with Crippen LogP contribution in [0.3, 0.4) is 0 Å². The van der Waals surface area contributed by atoms with Crippen LogP contribution in [-0.4, -0.2) is 29.0 Å². The Morgan fingerprint density at radius 2 is 1.91 bits per heavy atom. The molecule has 2 aromatic heterocycles. The number of hydrogen-bond donors (Lipinski definition) is 1. The Morgan fingerprint density at radius 3 is 2.48 bits per heavy atom. The van der Waals surface area contributed by atoms with Crippen molar-refractivity contribution in [2.75, 3.05) is 0 Å². The van der Waals surface area contributed by atoms with Crippen molar-refractivity contribution in [2.24, 2.45) is 5.92 Å². The highest BCUT2D eigenvalue weighted by Crippen LogP contribution is 2.19. The van der Waals surface area contributed by atoms with Crippen molar-refractivity contribution in [3.05, 3.63) is 24.1 Å². The SMILES string of the molecule is CC(C)C(OC(=O)OC(C)(C)C)OC(=O)c1cc2occc2[nH]1. The van der Waals surface area contributed by atoms with Crippen molar-refractivity contribution >= 4 is 23.2 Å². The standard InChI is InChI=1S/C16H21NO6/c1-9(2)14(22-15(19)23-16(3,4)5)21-13(18)11-8-12-10(17-11)6-7-20-12/h6-9,14,17H,1-5H3. The molecule has 2 rings (SSSR count). The topological polar surface area (TPSA) is 90.8 Å². The van der Waals surface area contributed by atoms with E-state index in [0.717, 1.165) is 0 Å². The summed E-state index contributed by atoms with van der Waals surface area (Å²) in [6.07, 6.45) is -0.421. The van der Waals surface area contributed by atoms with E-state index in [1.807, 2.05) is 0 Å². The number of esters is 1. The molecule has 23 heavy (non-hydrogen) atoms. The Hall–Kier alpha value is -2.44. The molecule has 0 fully saturated rings. The van der Waals surface area contributed by atoms with Crippen molar-refractivity contribution in [3.8, 4) is 0 Å². The number of furan rings is 1. The van der Waals surface area contributed by atoms with Gasteiger partial charge in [-0.1, -0.05) is 13.8 Å². The molecule has 0 aromatic carbocycles. The van der Waals surface area contributed by atoms with E-state index >= 15 is 0 Å². The zero-order valence-corrected chi connectivity index (χ0v) is 13.8. The Kier molecular flexibility index (Phi) is 4.68. The quantitative estimate of drug-likeness (QED) is 0.679. The summed E-state index contributed by atoms with van der Waals surface area (Å²) in [5.74, 6) is -0.872. The summed E-state index contributed by atoms with van der Waals surface area (Å²) in [4.78, 5) is 26.8. The number of rotatable bonds is 4. The lowest BCUT2D eigenvalue weighted by Gasteiger charge is -2.24. The maximum atomic E-state index is 12.2. The molecule has 7 nitrogen and oxygen atoms in total. The van der Waals surface area contributed by atoms with Crippen LogP contribution in [0.25, 0.3) is 11.1 Å². The van der Waals surface area contributed by atoms with Crippen molar-refractivity contribution in [3.63, 3.8) is 0 Å². The first-order valence-electron chi connectivity index (χ1n) is 7.32. The fourth-order valence-corrected chi connectivity index (χ4v) is 1.79. The Bertz CT molecular complexity index is 662. The number of carbonyl (C=O) groups is 2. The molecular weight excluding hydrogens is 302 g/mol. The summed E-state index contributed by atoms with van der Waals surface area (Å²) >= 11 is 0. The van der Waals surface area contributed by atoms with Crippen LogP contribution in [-0.2, 0) is 14.2 Å². The predicted octanol–water partition coefficient (Wildman–Crippen LogP) is 3.85. The lowest BCUT2D eigenvalue weighted by Crippen LogP contribution is -2.33. The van der Waals surface area contributed by atoms with Crippen molar-refractivity contribution in [1.29, 1.82) is 0 Å². The van der Waals surface area contributed by atoms with Crippen LogP contribution in [0.15, 0.2) is 22.8 Å². The number of aromatic nitrogens is 1. The lowest BCUT2D eigenvalue weighted by atomic mass is 10.2. The second-order valence-electron chi connectivity index (χ2n) is 6.48. The van der Waals surface area contributed by atoms with E-state index in [0.29, 0.717) is 11.1 Å². The van der Waals surface area contributed by atoms with E-state index in [9.17, 15) is 9.59 Å². The minimum absolute atomic E-state index is 0.220. The highest BCUT2D eigenvalue weighted by atomic mass is 16.8. The monoisotopic (exact) mass is 323 g/mol. The average molecular weight is 323 g/mol. The van der Waals surface area contributed by atoms with Crippen LogP contribution < -0.4 is 0 Å². The molecule has 0 aliphatic heterocycles. The molecule has 0 spiro atoms. The van der Waals surface area contributed by atoms with Gasteiger partial charge in [0.25, 0.3) is 6.29 Å². The third-order valence-electron chi connectivity index (χ3n) is 2.83. The third kappa shape index (κ3) is 4.51. The maximum Gasteiger partial charge on any atom is 0.511 e. The molecule has 0 amide bonds. The summed E-state index contributed by atoms with van der Waals surface area (Å²) in [7, 11) is 0. The summed E-state index contributed by atoms with van der Waals surface area (Å²) in [5, 5.41) is 0. The fourth-order valence-electron chi connectivity index (χ4n) is 1.79. The molecule has 0 aliphatic carbocycles. The van der Waals surface area contributed by atoms with E-state index in [2.05, 4.69) is 4.98 Å². The smallest absolute Gasteiger partial charge is 0.463 e. The van der Waals surface area contributed by atoms with E-state index in [1.165, 1.54) is 12.3 Å². The molecule has 0 saturated carbocycles. The Balaban J connectivity index is 2.02. The van der Waals surface area contributed by atoms with Gasteiger partial charge in [-0.3, -0.25) is 0 Å². The first kappa shape index (κ1) is 16.9. The highest BCUT2D eigenvalue weighted by Gasteiger charge is 2.27. The van der Waals surface area contributed by atoms with Crippen LogP contribution >= 0.6 is 0 Å². The first-order chi connectivity index (χ1) is 10.7. The van der Waals surface area contributed by atoms with E-state index in [-0.39, 0.29) is 11.6 Å². The Labute approximate surface area is 133 Å². The lowest BCUT2D eigenvalue weighted by molar-refractivity contribution is -0.125. The number of H-pyrrole nitrogens is 1. The van der Waals surface area contributed by atoms with Gasteiger partial charge in [0.15, 0.2) is 5.58 Å². The molecular formula is C16H21NO6. The van der Waals surface area contributed by atoms with Gasteiger partial charge in [0.2, 0.25) is 0 Å². The van der Waals surface area contributed by atoms with Crippen LogP contribution in [0.1, 0.15) is 45.1 Å². The van der Waals surface area contributed by atoms with E-state index < -0.39 is 24.0 Å². The van der Waals surface area contributed by atoms with Crippen molar-refractivity contribution < 1.29 is 28.2 Å². The summed E-state index contributed by atoms with van der Waals surface area (Å²) in [5.41, 5.74) is 0.766. The Morgan fingerprint density at radius 1 is 1.22 bits per heavy atom. The molecule has 0 saturated heterocycles. The van der Waals surface area contributed by atoms with Gasteiger partial charge in [0.05, 0.1) is 11.8 Å². The van der Waals surface area contributed by atoms with Gasteiger partial charge in [-0.25, -0.2) is 9.59 Å². The second-order valence-corrected chi connectivity index (χ2v) is 6.48. The number of hydrogen-bond acceptors (Lipinski definition) is 6. The summed E-state index contributed by atoms with van der Waals surface area (Å²) < 4.78 is 20.6. The number of aromatic amines is 1. The summed E-state index contributed by atoms with van der Waals surface area (Å²) in [6, 6.07) is 3.23. The fraction of sp³-hybridized carbons (Fsp3) is 0.500. The molecule has 0 bridgehead atoms. The minimum atomic E-state index is -1.05. The molecule has 1 unspecified atom stereocenters. The molecule has 1 atom stereocenters. The van der Waals surface area contributed by atoms with Crippen molar-refractivity contribution in [1.82, 2.24) is 4.98 Å². The van der Waals surface area contributed by atoms with Crippen LogP contribution in [0.2, 0.25) is 0 Å². The second kappa shape index (κ2) is 6.36. The van der Waals surface area contributed by atoms with Gasteiger partial charge in [-0.15, -0.1) is 0 Å². The number of fused-ring (bicyclic) bond motifs is 1. The predicted molar refractivity (Wildman–Crippen MR) is 81.9 cm³/mol. The highest BCUT2D eigenvalue weighted by molar-refractivity contribution is 5.93. The van der Waals surface area contributed by atoms with Gasteiger partial charge in [0, 0.05) is 18.1 Å². The molecule has 7 heteroatoms. The molecule has 1 N–H and O–H groups in total. The minimum Gasteiger partial charge on any atom is -0.463 e. The van der Waals surface area contributed by atoms with Crippen molar-refractivity contribution in [2.45, 2.75) is 46.5 Å².